The lowest BCUT2D eigenvalue weighted by atomic mass is 10.1. The summed E-state index contributed by atoms with van der Waals surface area (Å²) < 4.78 is 1.68. The first kappa shape index (κ1) is 19.8. The lowest BCUT2D eigenvalue weighted by Gasteiger charge is -2.10. The number of carbonyl (C=O) groups excluding carboxylic acids is 2. The molecule has 1 N–H and O–H groups in total. The Morgan fingerprint density at radius 3 is 2.53 bits per heavy atom. The number of hydrogen-bond acceptors (Lipinski definition) is 5. The van der Waals surface area contributed by atoms with E-state index in [1.807, 2.05) is 47.8 Å². The van der Waals surface area contributed by atoms with Gasteiger partial charge < -0.3 is 9.88 Å². The van der Waals surface area contributed by atoms with E-state index in [9.17, 15) is 9.59 Å². The number of benzene rings is 2. The molecule has 7 heteroatoms. The Balaban J connectivity index is 1.44. The third-order valence-corrected chi connectivity index (χ3v) is 6.06. The van der Waals surface area contributed by atoms with E-state index in [1.165, 1.54) is 0 Å². The summed E-state index contributed by atoms with van der Waals surface area (Å²) in [6.07, 6.45) is 3.32. The molecule has 0 atom stereocenters. The number of amides is 1. The summed E-state index contributed by atoms with van der Waals surface area (Å²) in [7, 11) is 1.78. The van der Waals surface area contributed by atoms with Gasteiger partial charge >= 0.3 is 0 Å². The molecule has 0 spiro atoms. The van der Waals surface area contributed by atoms with Crippen molar-refractivity contribution >= 4 is 39.6 Å². The quantitative estimate of drug-likeness (QED) is 0.384. The van der Waals surface area contributed by atoms with Gasteiger partial charge in [0.05, 0.1) is 21.7 Å². The number of aromatic nitrogens is 3. The molecule has 0 aliphatic carbocycles. The predicted molar refractivity (Wildman–Crippen MR) is 126 cm³/mol. The van der Waals surface area contributed by atoms with E-state index in [2.05, 4.69) is 10.3 Å². The fourth-order valence-corrected chi connectivity index (χ4v) is 4.22. The Hall–Kier alpha value is -4.10. The highest BCUT2D eigenvalue weighted by atomic mass is 32.1. The third kappa shape index (κ3) is 3.70. The summed E-state index contributed by atoms with van der Waals surface area (Å²) in [5.74, 6) is -0.0353. The number of ketones is 1. The molecule has 3 heterocycles. The minimum atomic E-state index is -0.232. The Bertz CT molecular complexity index is 1440. The number of thiophene rings is 1. The second kappa shape index (κ2) is 8.20. The fourth-order valence-electron chi connectivity index (χ4n) is 3.53. The van der Waals surface area contributed by atoms with Gasteiger partial charge in [-0.1, -0.05) is 24.3 Å². The van der Waals surface area contributed by atoms with E-state index >= 15 is 0 Å². The van der Waals surface area contributed by atoms with Crippen LogP contribution in [0.2, 0.25) is 0 Å². The van der Waals surface area contributed by atoms with Crippen LogP contribution < -0.4 is 5.32 Å². The Labute approximate surface area is 188 Å². The molecule has 156 valence electrons. The average molecular weight is 439 g/mol. The maximum absolute atomic E-state index is 13.2. The van der Waals surface area contributed by atoms with E-state index in [1.54, 1.807) is 59.6 Å². The SMILES string of the molecule is Cn1ccnc1C(=O)c1ccc(NC(=O)c2cc(-c3cccs3)nc3ccccc23)cc1. The molecule has 0 radical (unpaired) electrons. The molecule has 6 nitrogen and oxygen atoms in total. The van der Waals surface area contributed by atoms with Gasteiger partial charge in [-0.2, -0.15) is 0 Å². The van der Waals surface area contributed by atoms with E-state index in [-0.39, 0.29) is 11.7 Å². The summed E-state index contributed by atoms with van der Waals surface area (Å²) >= 11 is 1.58. The van der Waals surface area contributed by atoms with Crippen molar-refractivity contribution in [2.45, 2.75) is 0 Å². The number of carbonyl (C=O) groups is 2. The van der Waals surface area contributed by atoms with Crippen molar-refractivity contribution in [3.05, 3.63) is 101 Å². The van der Waals surface area contributed by atoms with Crippen LogP contribution in [0, 0.1) is 0 Å². The zero-order valence-electron chi connectivity index (χ0n) is 17.1. The lowest BCUT2D eigenvalue weighted by molar-refractivity contribution is 0.102. The number of pyridine rings is 1. The molecular formula is C25H18N4O2S. The highest BCUT2D eigenvalue weighted by Gasteiger charge is 2.16. The summed E-state index contributed by atoms with van der Waals surface area (Å²) in [6, 6.07) is 20.2. The Morgan fingerprint density at radius 2 is 1.81 bits per heavy atom. The molecule has 0 saturated carbocycles. The van der Waals surface area contributed by atoms with E-state index in [4.69, 9.17) is 4.98 Å². The number of nitrogens with zero attached hydrogens (tertiary/aromatic N) is 3. The molecule has 0 bridgehead atoms. The number of para-hydroxylation sites is 1. The van der Waals surface area contributed by atoms with Crippen molar-refractivity contribution in [1.82, 2.24) is 14.5 Å². The minimum Gasteiger partial charge on any atom is -0.331 e. The Morgan fingerprint density at radius 1 is 1.00 bits per heavy atom. The molecule has 0 aliphatic rings. The van der Waals surface area contributed by atoms with Gasteiger partial charge in [0.25, 0.3) is 5.91 Å². The maximum Gasteiger partial charge on any atom is 0.256 e. The molecular weight excluding hydrogens is 420 g/mol. The number of hydrogen-bond donors (Lipinski definition) is 1. The van der Waals surface area contributed by atoms with Crippen LogP contribution in [0.4, 0.5) is 5.69 Å². The second-order valence-corrected chi connectivity index (χ2v) is 8.22. The molecule has 3 aromatic heterocycles. The monoisotopic (exact) mass is 438 g/mol. The van der Waals surface area contributed by atoms with Crippen LogP contribution in [0.1, 0.15) is 26.5 Å². The zero-order chi connectivity index (χ0) is 22.1. The van der Waals surface area contributed by atoms with Gasteiger partial charge in [0.2, 0.25) is 5.78 Å². The molecule has 0 fully saturated rings. The number of fused-ring (bicyclic) bond motifs is 1. The molecule has 5 rings (SSSR count). The maximum atomic E-state index is 13.2. The molecule has 32 heavy (non-hydrogen) atoms. The summed E-state index contributed by atoms with van der Waals surface area (Å²) in [5, 5.41) is 5.71. The normalized spacial score (nSPS) is 10.9. The van der Waals surface area contributed by atoms with Crippen LogP contribution in [0.5, 0.6) is 0 Å². The lowest BCUT2D eigenvalue weighted by Crippen LogP contribution is -2.13. The number of imidazole rings is 1. The topological polar surface area (TPSA) is 76.9 Å². The highest BCUT2D eigenvalue weighted by Crippen LogP contribution is 2.28. The number of anilines is 1. The van der Waals surface area contributed by atoms with Crippen LogP contribution in [0.25, 0.3) is 21.5 Å². The molecule has 0 aliphatic heterocycles. The summed E-state index contributed by atoms with van der Waals surface area (Å²) in [4.78, 5) is 35.6. The van der Waals surface area contributed by atoms with E-state index in [0.29, 0.717) is 22.6 Å². The average Bonchev–Trinajstić information content (AvgIpc) is 3.50. The van der Waals surface area contributed by atoms with Crippen LogP contribution >= 0.6 is 11.3 Å². The van der Waals surface area contributed by atoms with E-state index in [0.717, 1.165) is 21.5 Å². The van der Waals surface area contributed by atoms with Gasteiger partial charge in [-0.25, -0.2) is 9.97 Å². The number of rotatable bonds is 5. The van der Waals surface area contributed by atoms with Gasteiger partial charge in [0, 0.05) is 36.1 Å². The van der Waals surface area contributed by atoms with Gasteiger partial charge in [0.1, 0.15) is 0 Å². The van der Waals surface area contributed by atoms with Crippen LogP contribution in [-0.4, -0.2) is 26.2 Å². The first-order valence-electron chi connectivity index (χ1n) is 9.97. The smallest absolute Gasteiger partial charge is 0.256 e. The van der Waals surface area contributed by atoms with Crippen molar-refractivity contribution < 1.29 is 9.59 Å². The van der Waals surface area contributed by atoms with Crippen molar-refractivity contribution in [1.29, 1.82) is 0 Å². The van der Waals surface area contributed by atoms with Crippen LogP contribution in [-0.2, 0) is 7.05 Å². The fraction of sp³-hybridized carbons (Fsp3) is 0.0400. The number of nitrogens with one attached hydrogen (secondary N) is 1. The van der Waals surface area contributed by atoms with Gasteiger partial charge in [0.15, 0.2) is 5.82 Å². The first-order valence-corrected chi connectivity index (χ1v) is 10.9. The predicted octanol–water partition coefficient (Wildman–Crippen LogP) is 5.18. The van der Waals surface area contributed by atoms with Crippen molar-refractivity contribution in [2.24, 2.45) is 7.05 Å². The molecule has 0 saturated heterocycles. The molecule has 0 unspecified atom stereocenters. The van der Waals surface area contributed by atoms with Gasteiger partial charge in [-0.3, -0.25) is 9.59 Å². The second-order valence-electron chi connectivity index (χ2n) is 7.27. The van der Waals surface area contributed by atoms with Gasteiger partial charge in [-0.05, 0) is 47.8 Å². The minimum absolute atomic E-state index is 0.170. The Kier molecular flexibility index (Phi) is 5.09. The standard InChI is InChI=1S/C25H18N4O2S/c1-29-13-12-26-24(29)23(30)16-8-10-17(11-9-16)27-25(31)19-15-21(22-7-4-14-32-22)28-20-6-3-2-5-18(19)20/h2-15H,1H3,(H,27,31). The van der Waals surface area contributed by atoms with E-state index < -0.39 is 0 Å². The molecule has 5 aromatic rings. The molecule has 2 aromatic carbocycles. The highest BCUT2D eigenvalue weighted by molar-refractivity contribution is 7.13. The van der Waals surface area contributed by atoms with Crippen molar-refractivity contribution in [3.63, 3.8) is 0 Å². The van der Waals surface area contributed by atoms with Crippen molar-refractivity contribution in [3.8, 4) is 10.6 Å². The largest absolute Gasteiger partial charge is 0.331 e. The molecule has 1 amide bonds. The van der Waals surface area contributed by atoms with Crippen LogP contribution in [0.15, 0.2) is 84.5 Å². The zero-order valence-corrected chi connectivity index (χ0v) is 18.0. The first-order chi connectivity index (χ1) is 15.6. The number of aryl methyl sites for hydroxylation is 1. The van der Waals surface area contributed by atoms with Gasteiger partial charge in [-0.15, -0.1) is 11.3 Å². The summed E-state index contributed by atoms with van der Waals surface area (Å²) in [6.45, 7) is 0. The van der Waals surface area contributed by atoms with Crippen molar-refractivity contribution in [2.75, 3.05) is 5.32 Å². The van der Waals surface area contributed by atoms with Crippen LogP contribution in [0.3, 0.4) is 0 Å². The third-order valence-electron chi connectivity index (χ3n) is 5.16. The summed E-state index contributed by atoms with van der Waals surface area (Å²) in [5.41, 5.74) is 3.18.